The number of amides is 1. The van der Waals surface area contributed by atoms with E-state index in [2.05, 4.69) is 10.2 Å². The Morgan fingerprint density at radius 3 is 2.71 bits per heavy atom. The molecule has 1 fully saturated rings. The molecule has 2 heterocycles. The monoisotopic (exact) mass is 286 g/mol. The Kier molecular flexibility index (Phi) is 3.39. The molecule has 1 amide bonds. The summed E-state index contributed by atoms with van der Waals surface area (Å²) in [5.41, 5.74) is 0.903. The summed E-state index contributed by atoms with van der Waals surface area (Å²) in [5.74, 6) is -1.36. The standard InChI is InChI=1S/C14H14N4O3/c19-13(17-8-4-7-12(17)14(20)21)11-9-15-18(16-11)10-5-2-1-3-6-10/h1-3,5-6,9,12H,4,7-8H2,(H,20,21)/t12-/m1/s1. The molecule has 0 bridgehead atoms. The maximum Gasteiger partial charge on any atom is 0.326 e. The van der Waals surface area contributed by atoms with Gasteiger partial charge in [-0.15, -0.1) is 5.10 Å². The van der Waals surface area contributed by atoms with Gasteiger partial charge in [-0.25, -0.2) is 4.79 Å². The molecule has 1 aromatic heterocycles. The van der Waals surface area contributed by atoms with E-state index in [1.165, 1.54) is 15.9 Å². The number of carboxylic acids is 1. The van der Waals surface area contributed by atoms with Crippen molar-refractivity contribution >= 4 is 11.9 Å². The first-order valence-electron chi connectivity index (χ1n) is 6.68. The SMILES string of the molecule is O=C(O)[C@H]1CCCN1C(=O)c1cnn(-c2ccccc2)n1. The second-order valence-electron chi connectivity index (χ2n) is 4.85. The molecule has 1 aliphatic rings. The normalized spacial score (nSPS) is 17.9. The van der Waals surface area contributed by atoms with Crippen LogP contribution in [0.15, 0.2) is 36.5 Å². The summed E-state index contributed by atoms with van der Waals surface area (Å²) in [7, 11) is 0. The van der Waals surface area contributed by atoms with E-state index in [-0.39, 0.29) is 11.6 Å². The van der Waals surface area contributed by atoms with E-state index in [1.54, 1.807) is 0 Å². The zero-order chi connectivity index (χ0) is 14.8. The summed E-state index contributed by atoms with van der Waals surface area (Å²) >= 11 is 0. The Morgan fingerprint density at radius 1 is 1.24 bits per heavy atom. The molecule has 0 unspecified atom stereocenters. The van der Waals surface area contributed by atoms with Gasteiger partial charge >= 0.3 is 5.97 Å². The summed E-state index contributed by atoms with van der Waals surface area (Å²) in [6.07, 6.45) is 2.54. The van der Waals surface area contributed by atoms with Gasteiger partial charge in [0.25, 0.3) is 5.91 Å². The van der Waals surface area contributed by atoms with E-state index in [1.807, 2.05) is 30.3 Å². The van der Waals surface area contributed by atoms with Crippen molar-refractivity contribution in [2.24, 2.45) is 0 Å². The van der Waals surface area contributed by atoms with Crippen molar-refractivity contribution in [2.75, 3.05) is 6.54 Å². The number of aromatic nitrogens is 3. The molecular formula is C14H14N4O3. The molecule has 1 aromatic carbocycles. The number of para-hydroxylation sites is 1. The predicted molar refractivity (Wildman–Crippen MR) is 73.1 cm³/mol. The number of carbonyl (C=O) groups excluding carboxylic acids is 1. The lowest BCUT2D eigenvalue weighted by atomic mass is 10.2. The van der Waals surface area contributed by atoms with E-state index < -0.39 is 12.0 Å². The highest BCUT2D eigenvalue weighted by molar-refractivity contribution is 5.95. The van der Waals surface area contributed by atoms with E-state index >= 15 is 0 Å². The van der Waals surface area contributed by atoms with Crippen molar-refractivity contribution in [1.82, 2.24) is 19.9 Å². The van der Waals surface area contributed by atoms with E-state index in [4.69, 9.17) is 5.11 Å². The van der Waals surface area contributed by atoms with Crippen LogP contribution < -0.4 is 0 Å². The first-order valence-corrected chi connectivity index (χ1v) is 6.68. The van der Waals surface area contributed by atoms with Gasteiger partial charge in [-0.3, -0.25) is 4.79 Å². The van der Waals surface area contributed by atoms with Crippen molar-refractivity contribution in [2.45, 2.75) is 18.9 Å². The first-order chi connectivity index (χ1) is 10.2. The molecular weight excluding hydrogens is 272 g/mol. The molecule has 0 saturated carbocycles. The molecule has 1 saturated heterocycles. The lowest BCUT2D eigenvalue weighted by molar-refractivity contribution is -0.141. The van der Waals surface area contributed by atoms with E-state index in [0.29, 0.717) is 19.4 Å². The number of aliphatic carboxylic acids is 1. The number of hydrogen-bond acceptors (Lipinski definition) is 4. The second-order valence-corrected chi connectivity index (χ2v) is 4.85. The summed E-state index contributed by atoms with van der Waals surface area (Å²) in [6, 6.07) is 8.46. The van der Waals surface area contributed by atoms with Gasteiger partial charge in [-0.2, -0.15) is 9.90 Å². The average molecular weight is 286 g/mol. The zero-order valence-corrected chi connectivity index (χ0v) is 11.2. The fraction of sp³-hybridized carbons (Fsp3) is 0.286. The van der Waals surface area contributed by atoms with E-state index in [0.717, 1.165) is 5.69 Å². The number of carbonyl (C=O) groups is 2. The molecule has 0 radical (unpaired) electrons. The number of benzene rings is 1. The van der Waals surface area contributed by atoms with Crippen molar-refractivity contribution in [3.8, 4) is 5.69 Å². The molecule has 0 spiro atoms. The Balaban J connectivity index is 1.83. The van der Waals surface area contributed by atoms with Crippen LogP contribution in [0, 0.1) is 0 Å². The van der Waals surface area contributed by atoms with Crippen molar-refractivity contribution in [3.63, 3.8) is 0 Å². The van der Waals surface area contributed by atoms with Crippen molar-refractivity contribution in [3.05, 3.63) is 42.2 Å². The van der Waals surface area contributed by atoms with Gasteiger partial charge in [-0.1, -0.05) is 18.2 Å². The molecule has 21 heavy (non-hydrogen) atoms. The van der Waals surface area contributed by atoms with Crippen LogP contribution in [0.3, 0.4) is 0 Å². The van der Waals surface area contributed by atoms with Crippen molar-refractivity contribution in [1.29, 1.82) is 0 Å². The van der Waals surface area contributed by atoms with Crippen LogP contribution in [0.1, 0.15) is 23.3 Å². The Hall–Kier alpha value is -2.70. The topological polar surface area (TPSA) is 88.3 Å². The van der Waals surface area contributed by atoms with Crippen LogP contribution in [0.5, 0.6) is 0 Å². The Bertz CT molecular complexity index is 668. The average Bonchev–Trinajstić information content (AvgIpc) is 3.17. The van der Waals surface area contributed by atoms with Gasteiger partial charge in [-0.05, 0) is 25.0 Å². The zero-order valence-electron chi connectivity index (χ0n) is 11.2. The summed E-state index contributed by atoms with van der Waals surface area (Å²) in [4.78, 5) is 26.2. The molecule has 3 rings (SSSR count). The number of carboxylic acid groups (broad SMARTS) is 1. The van der Waals surface area contributed by atoms with Gasteiger partial charge < -0.3 is 10.0 Å². The second kappa shape index (κ2) is 5.35. The summed E-state index contributed by atoms with van der Waals surface area (Å²) in [6.45, 7) is 0.438. The highest BCUT2D eigenvalue weighted by Gasteiger charge is 2.35. The van der Waals surface area contributed by atoms with Crippen LogP contribution in [0.2, 0.25) is 0 Å². The molecule has 0 aliphatic carbocycles. The Labute approximate surface area is 120 Å². The van der Waals surface area contributed by atoms with Gasteiger partial charge in [0.05, 0.1) is 11.9 Å². The Morgan fingerprint density at radius 2 is 2.00 bits per heavy atom. The third-order valence-corrected chi connectivity index (χ3v) is 3.50. The maximum atomic E-state index is 12.4. The minimum atomic E-state index is -0.976. The number of likely N-dealkylation sites (tertiary alicyclic amines) is 1. The maximum absolute atomic E-state index is 12.4. The third-order valence-electron chi connectivity index (χ3n) is 3.50. The van der Waals surface area contributed by atoms with Gasteiger partial charge in [0, 0.05) is 6.54 Å². The highest BCUT2D eigenvalue weighted by Crippen LogP contribution is 2.19. The smallest absolute Gasteiger partial charge is 0.326 e. The minimum absolute atomic E-state index is 0.159. The van der Waals surface area contributed by atoms with Crippen molar-refractivity contribution < 1.29 is 14.7 Å². The number of rotatable bonds is 3. The largest absolute Gasteiger partial charge is 0.480 e. The minimum Gasteiger partial charge on any atom is -0.480 e. The first kappa shape index (κ1) is 13.3. The molecule has 108 valence electrons. The van der Waals surface area contributed by atoms with Crippen LogP contribution in [0.25, 0.3) is 5.69 Å². The summed E-state index contributed by atoms with van der Waals surface area (Å²) in [5, 5.41) is 17.3. The highest BCUT2D eigenvalue weighted by atomic mass is 16.4. The lowest BCUT2D eigenvalue weighted by Gasteiger charge is -2.19. The lowest BCUT2D eigenvalue weighted by Crippen LogP contribution is -2.40. The van der Waals surface area contributed by atoms with Gasteiger partial charge in [0.15, 0.2) is 5.69 Å². The number of hydrogen-bond donors (Lipinski definition) is 1. The van der Waals surface area contributed by atoms with Crippen LogP contribution >= 0.6 is 0 Å². The summed E-state index contributed by atoms with van der Waals surface area (Å²) < 4.78 is 0. The van der Waals surface area contributed by atoms with Crippen LogP contribution in [-0.2, 0) is 4.79 Å². The number of nitrogens with zero attached hydrogens (tertiary/aromatic N) is 4. The molecule has 2 aromatic rings. The van der Waals surface area contributed by atoms with Crippen LogP contribution in [-0.4, -0.2) is 49.5 Å². The molecule has 1 N–H and O–H groups in total. The predicted octanol–water partition coefficient (Wildman–Crippen LogP) is 0.956. The molecule has 7 nitrogen and oxygen atoms in total. The van der Waals surface area contributed by atoms with Gasteiger partial charge in [0.1, 0.15) is 6.04 Å². The fourth-order valence-electron chi connectivity index (χ4n) is 2.46. The fourth-order valence-corrected chi connectivity index (χ4v) is 2.46. The molecule has 1 atom stereocenters. The third kappa shape index (κ3) is 2.49. The van der Waals surface area contributed by atoms with E-state index in [9.17, 15) is 9.59 Å². The molecule has 7 heteroatoms. The van der Waals surface area contributed by atoms with Gasteiger partial charge in [0.2, 0.25) is 0 Å². The molecule has 1 aliphatic heterocycles. The van der Waals surface area contributed by atoms with Crippen LogP contribution in [0.4, 0.5) is 0 Å². The quantitative estimate of drug-likeness (QED) is 0.907.